The van der Waals surface area contributed by atoms with E-state index in [1.165, 1.54) is 44.9 Å². The molecule has 0 radical (unpaired) electrons. The number of aliphatic hydroxyl groups excluding tert-OH is 1. The van der Waals surface area contributed by atoms with Gasteiger partial charge in [0, 0.05) is 6.61 Å². The predicted molar refractivity (Wildman–Crippen MR) is 61.5 cm³/mol. The highest BCUT2D eigenvalue weighted by Gasteiger charge is 2.60. The van der Waals surface area contributed by atoms with Crippen molar-refractivity contribution >= 4 is 0 Å². The normalized spacial score (nSPS) is 57.4. The van der Waals surface area contributed by atoms with Gasteiger partial charge in [0.1, 0.15) is 0 Å². The van der Waals surface area contributed by atoms with Crippen molar-refractivity contribution in [2.24, 2.45) is 22.2 Å². The monoisotopic (exact) mass is 208 g/mol. The van der Waals surface area contributed by atoms with Crippen molar-refractivity contribution < 1.29 is 5.11 Å². The van der Waals surface area contributed by atoms with E-state index in [0.29, 0.717) is 22.9 Å². The van der Waals surface area contributed by atoms with Crippen molar-refractivity contribution in [2.45, 2.75) is 58.8 Å². The summed E-state index contributed by atoms with van der Waals surface area (Å²) in [6, 6.07) is 0. The smallest absolute Gasteiger partial charge is 0.0487 e. The SMILES string of the molecule is CCC12CC3CC(C)(C1)CC(CO)(C3)C2. The van der Waals surface area contributed by atoms with Gasteiger partial charge in [0.25, 0.3) is 0 Å². The van der Waals surface area contributed by atoms with Gasteiger partial charge < -0.3 is 5.11 Å². The Morgan fingerprint density at radius 3 is 2.33 bits per heavy atom. The van der Waals surface area contributed by atoms with E-state index in [0.717, 1.165) is 5.92 Å². The standard InChI is InChI=1S/C14H24O/c1-3-13-5-11-4-12(2,7-13)8-14(6-11,9-13)10-15/h11,15H,3-10H2,1-2H3. The van der Waals surface area contributed by atoms with Crippen LogP contribution in [0.25, 0.3) is 0 Å². The fourth-order valence-electron chi connectivity index (χ4n) is 5.94. The molecule has 0 aromatic heterocycles. The largest absolute Gasteiger partial charge is 0.396 e. The van der Waals surface area contributed by atoms with Crippen molar-refractivity contribution in [2.75, 3.05) is 6.61 Å². The van der Waals surface area contributed by atoms with Crippen LogP contribution in [0, 0.1) is 22.2 Å². The molecule has 15 heavy (non-hydrogen) atoms. The summed E-state index contributed by atoms with van der Waals surface area (Å²) in [5.41, 5.74) is 1.50. The summed E-state index contributed by atoms with van der Waals surface area (Å²) in [4.78, 5) is 0. The van der Waals surface area contributed by atoms with E-state index < -0.39 is 0 Å². The van der Waals surface area contributed by atoms with Gasteiger partial charge in [-0.05, 0) is 60.7 Å². The van der Waals surface area contributed by atoms with Gasteiger partial charge in [-0.2, -0.15) is 0 Å². The fraction of sp³-hybridized carbons (Fsp3) is 1.00. The van der Waals surface area contributed by atoms with Gasteiger partial charge in [0.2, 0.25) is 0 Å². The van der Waals surface area contributed by atoms with Crippen molar-refractivity contribution in [3.63, 3.8) is 0 Å². The summed E-state index contributed by atoms with van der Waals surface area (Å²) >= 11 is 0. The molecular weight excluding hydrogens is 184 g/mol. The van der Waals surface area contributed by atoms with Crippen LogP contribution in [0.2, 0.25) is 0 Å². The van der Waals surface area contributed by atoms with Crippen LogP contribution in [0.15, 0.2) is 0 Å². The molecule has 0 heterocycles. The van der Waals surface area contributed by atoms with E-state index in [9.17, 15) is 5.11 Å². The van der Waals surface area contributed by atoms with Gasteiger partial charge in [-0.25, -0.2) is 0 Å². The average molecular weight is 208 g/mol. The summed E-state index contributed by atoms with van der Waals surface area (Å²) in [6.07, 6.45) is 9.61. The molecule has 1 N–H and O–H groups in total. The quantitative estimate of drug-likeness (QED) is 0.737. The van der Waals surface area contributed by atoms with Crippen LogP contribution in [0.5, 0.6) is 0 Å². The maximum absolute atomic E-state index is 9.76. The van der Waals surface area contributed by atoms with Crippen LogP contribution in [-0.4, -0.2) is 11.7 Å². The molecule has 0 aromatic rings. The Kier molecular flexibility index (Phi) is 1.89. The van der Waals surface area contributed by atoms with Crippen LogP contribution in [-0.2, 0) is 0 Å². The van der Waals surface area contributed by atoms with Crippen molar-refractivity contribution in [1.29, 1.82) is 0 Å². The molecular formula is C14H24O. The molecule has 0 saturated heterocycles. The predicted octanol–water partition coefficient (Wildman–Crippen LogP) is 3.37. The molecule has 4 fully saturated rings. The lowest BCUT2D eigenvalue weighted by Crippen LogP contribution is -2.56. The molecule has 0 amide bonds. The molecule has 4 unspecified atom stereocenters. The first-order chi connectivity index (χ1) is 7.03. The Balaban J connectivity index is 2.00. The third-order valence-corrected chi connectivity index (χ3v) is 5.66. The molecule has 86 valence electrons. The number of rotatable bonds is 2. The van der Waals surface area contributed by atoms with Crippen LogP contribution < -0.4 is 0 Å². The molecule has 0 aliphatic heterocycles. The van der Waals surface area contributed by atoms with E-state index in [1.54, 1.807) is 0 Å². The summed E-state index contributed by atoms with van der Waals surface area (Å²) in [5.74, 6) is 0.929. The van der Waals surface area contributed by atoms with Gasteiger partial charge in [0.15, 0.2) is 0 Å². The highest BCUT2D eigenvalue weighted by atomic mass is 16.3. The van der Waals surface area contributed by atoms with Gasteiger partial charge in [-0.3, -0.25) is 0 Å². The lowest BCUT2D eigenvalue weighted by atomic mass is 9.39. The first kappa shape index (κ1) is 10.1. The molecule has 4 bridgehead atoms. The fourth-order valence-corrected chi connectivity index (χ4v) is 5.94. The topological polar surface area (TPSA) is 20.2 Å². The minimum atomic E-state index is 0.324. The first-order valence-electron chi connectivity index (χ1n) is 6.64. The van der Waals surface area contributed by atoms with Crippen LogP contribution in [0.3, 0.4) is 0 Å². The molecule has 4 saturated carbocycles. The maximum Gasteiger partial charge on any atom is 0.0487 e. The molecule has 0 spiro atoms. The lowest BCUT2D eigenvalue weighted by molar-refractivity contribution is -0.167. The van der Waals surface area contributed by atoms with Gasteiger partial charge in [-0.1, -0.05) is 20.3 Å². The summed E-state index contributed by atoms with van der Waals surface area (Å²) < 4.78 is 0. The van der Waals surface area contributed by atoms with Gasteiger partial charge in [-0.15, -0.1) is 0 Å². The molecule has 4 aliphatic carbocycles. The highest BCUT2D eigenvalue weighted by Crippen LogP contribution is 2.70. The van der Waals surface area contributed by atoms with Crippen LogP contribution >= 0.6 is 0 Å². The maximum atomic E-state index is 9.76. The lowest BCUT2D eigenvalue weighted by Gasteiger charge is -2.66. The second-order valence-corrected chi connectivity index (χ2v) is 7.33. The third-order valence-electron chi connectivity index (χ3n) is 5.66. The molecule has 4 atom stereocenters. The Labute approximate surface area is 93.3 Å². The molecule has 4 aliphatic rings. The van der Waals surface area contributed by atoms with E-state index in [-0.39, 0.29) is 0 Å². The summed E-state index contributed by atoms with van der Waals surface area (Å²) in [7, 11) is 0. The third kappa shape index (κ3) is 1.32. The van der Waals surface area contributed by atoms with E-state index >= 15 is 0 Å². The molecule has 1 heteroatoms. The van der Waals surface area contributed by atoms with Crippen molar-refractivity contribution in [3.05, 3.63) is 0 Å². The van der Waals surface area contributed by atoms with E-state index in [2.05, 4.69) is 13.8 Å². The summed E-state index contributed by atoms with van der Waals surface area (Å²) in [5, 5.41) is 9.76. The molecule has 0 aromatic carbocycles. The van der Waals surface area contributed by atoms with Gasteiger partial charge >= 0.3 is 0 Å². The van der Waals surface area contributed by atoms with E-state index in [4.69, 9.17) is 0 Å². The number of hydrogen-bond acceptors (Lipinski definition) is 1. The Morgan fingerprint density at radius 2 is 1.73 bits per heavy atom. The molecule has 4 rings (SSSR count). The second-order valence-electron chi connectivity index (χ2n) is 7.33. The first-order valence-corrected chi connectivity index (χ1v) is 6.64. The highest BCUT2D eigenvalue weighted by molar-refractivity contribution is 5.11. The van der Waals surface area contributed by atoms with Crippen molar-refractivity contribution in [3.8, 4) is 0 Å². The average Bonchev–Trinajstić information content (AvgIpc) is 2.14. The van der Waals surface area contributed by atoms with Gasteiger partial charge in [0.05, 0.1) is 0 Å². The summed E-state index contributed by atoms with van der Waals surface area (Å²) in [6.45, 7) is 5.29. The van der Waals surface area contributed by atoms with Crippen LogP contribution in [0.4, 0.5) is 0 Å². The van der Waals surface area contributed by atoms with Crippen LogP contribution in [0.1, 0.15) is 58.8 Å². The minimum Gasteiger partial charge on any atom is -0.396 e. The number of hydrogen-bond donors (Lipinski definition) is 1. The minimum absolute atomic E-state index is 0.324. The Morgan fingerprint density at radius 1 is 1.07 bits per heavy atom. The van der Waals surface area contributed by atoms with E-state index in [1.807, 2.05) is 0 Å². The zero-order valence-electron chi connectivity index (χ0n) is 10.2. The second kappa shape index (κ2) is 2.80. The zero-order valence-corrected chi connectivity index (χ0v) is 10.2. The number of aliphatic hydroxyl groups is 1. The molecule has 1 nitrogen and oxygen atoms in total. The zero-order chi connectivity index (χ0) is 10.7. The Bertz CT molecular complexity index is 263. The Hall–Kier alpha value is -0.0400. The van der Waals surface area contributed by atoms with Crippen molar-refractivity contribution in [1.82, 2.24) is 0 Å².